The third-order valence-corrected chi connectivity index (χ3v) is 21.1. The van der Waals surface area contributed by atoms with E-state index < -0.39 is 5.41 Å². The molecule has 0 atom stereocenters. The fourth-order valence-corrected chi connectivity index (χ4v) is 16.9. The number of rotatable bonds is 6. The second kappa shape index (κ2) is 22.1. The normalized spacial score (nSPS) is 14.1. The van der Waals surface area contributed by atoms with Gasteiger partial charge in [-0.15, -0.1) is 22.7 Å². The maximum Gasteiger partial charge on any atom is 0.0676 e. The van der Waals surface area contributed by atoms with Crippen molar-refractivity contribution in [1.29, 1.82) is 0 Å². The molecule has 0 unspecified atom stereocenters. The molecule has 17 rings (SSSR count). The zero-order chi connectivity index (χ0) is 58.8. The fraction of sp³-hybridized carbons (Fsp3) is 0.106. The predicted octanol–water partition coefficient (Wildman–Crippen LogP) is 24.0. The Labute approximate surface area is 519 Å². The first-order chi connectivity index (χ1) is 42.6. The van der Waals surface area contributed by atoms with Gasteiger partial charge in [0.25, 0.3) is 0 Å². The molecular formula is C85H66S2. The number of hydrogen-bond donors (Lipinski definition) is 0. The van der Waals surface area contributed by atoms with Gasteiger partial charge in [0, 0.05) is 45.8 Å². The van der Waals surface area contributed by atoms with Gasteiger partial charge < -0.3 is 0 Å². The van der Waals surface area contributed by atoms with Gasteiger partial charge in [-0.25, -0.2) is 0 Å². The summed E-state index contributed by atoms with van der Waals surface area (Å²) in [5, 5.41) is 5.34. The van der Waals surface area contributed by atoms with E-state index in [9.17, 15) is 0 Å². The lowest BCUT2D eigenvalue weighted by Crippen LogP contribution is -2.30. The van der Waals surface area contributed by atoms with Crippen molar-refractivity contribution in [2.45, 2.75) is 58.3 Å². The van der Waals surface area contributed by atoms with Crippen molar-refractivity contribution in [3.8, 4) is 44.5 Å². The summed E-state index contributed by atoms with van der Waals surface area (Å²) in [5.74, 6) is 0. The summed E-state index contributed by atoms with van der Waals surface area (Å²) in [7, 11) is 0. The zero-order valence-electron chi connectivity index (χ0n) is 49.9. The van der Waals surface area contributed by atoms with Gasteiger partial charge in [0.2, 0.25) is 0 Å². The maximum atomic E-state index is 2.49. The van der Waals surface area contributed by atoms with E-state index >= 15 is 0 Å². The molecule has 12 aromatic carbocycles. The van der Waals surface area contributed by atoms with E-state index in [0.717, 1.165) is 12.8 Å². The Morgan fingerprint density at radius 2 is 0.759 bits per heavy atom. The van der Waals surface area contributed by atoms with E-state index in [1.165, 1.54) is 157 Å². The van der Waals surface area contributed by atoms with E-state index in [2.05, 4.69) is 314 Å². The van der Waals surface area contributed by atoms with Gasteiger partial charge in [-0.2, -0.15) is 0 Å². The monoisotopic (exact) mass is 1150 g/mol. The lowest BCUT2D eigenvalue weighted by atomic mass is 9.65. The molecule has 0 radical (unpaired) electrons. The van der Waals surface area contributed by atoms with Crippen molar-refractivity contribution >= 4 is 74.2 Å². The van der Waals surface area contributed by atoms with E-state index in [-0.39, 0.29) is 5.41 Å². The van der Waals surface area contributed by atoms with Crippen molar-refractivity contribution < 1.29 is 0 Å². The van der Waals surface area contributed by atoms with Crippen molar-refractivity contribution in [2.75, 3.05) is 0 Å². The van der Waals surface area contributed by atoms with E-state index in [1.807, 2.05) is 28.7 Å². The summed E-state index contributed by atoms with van der Waals surface area (Å²) in [6.07, 6.45) is 4.50. The molecule has 2 heteroatoms. The van der Waals surface area contributed by atoms with Crippen LogP contribution in [0.25, 0.3) is 96.0 Å². The molecule has 3 aliphatic rings. The third-order valence-electron chi connectivity index (χ3n) is 18.7. The largest absolute Gasteiger partial charge is 0.135 e. The minimum Gasteiger partial charge on any atom is -0.135 e. The Morgan fingerprint density at radius 1 is 0.322 bits per heavy atom. The van der Waals surface area contributed by atoms with Crippen LogP contribution in [-0.4, -0.2) is 0 Å². The Morgan fingerprint density at radius 3 is 1.34 bits per heavy atom. The number of thiophene rings is 2. The molecule has 0 fully saturated rings. The molecule has 0 amide bonds. The third kappa shape index (κ3) is 9.33. The van der Waals surface area contributed by atoms with Crippen LogP contribution in [0.15, 0.2) is 291 Å². The van der Waals surface area contributed by atoms with Crippen molar-refractivity contribution in [3.05, 3.63) is 346 Å². The molecular weight excluding hydrogens is 1090 g/mol. The smallest absolute Gasteiger partial charge is 0.0676 e. The molecule has 14 aromatic rings. The van der Waals surface area contributed by atoms with Gasteiger partial charge in [0.05, 0.1) is 5.41 Å². The van der Waals surface area contributed by atoms with Crippen LogP contribution in [0.3, 0.4) is 0 Å². The molecule has 87 heavy (non-hydrogen) atoms. The molecule has 0 saturated carbocycles. The Bertz CT molecular complexity index is 4830. The highest BCUT2D eigenvalue weighted by molar-refractivity contribution is 7.26. The van der Waals surface area contributed by atoms with Crippen LogP contribution in [0.5, 0.6) is 0 Å². The molecule has 0 nitrogen and oxygen atoms in total. The highest BCUT2D eigenvalue weighted by atomic mass is 32.1. The topological polar surface area (TPSA) is 0 Å². The van der Waals surface area contributed by atoms with Crippen LogP contribution in [0.2, 0.25) is 0 Å². The summed E-state index contributed by atoms with van der Waals surface area (Å²) in [6, 6.07) is 103. The molecule has 3 aliphatic carbocycles. The fourth-order valence-electron chi connectivity index (χ4n) is 14.4. The van der Waals surface area contributed by atoms with Crippen LogP contribution < -0.4 is 0 Å². The number of fused-ring (bicyclic) bond motifs is 11. The van der Waals surface area contributed by atoms with Gasteiger partial charge >= 0.3 is 0 Å². The summed E-state index contributed by atoms with van der Waals surface area (Å²) in [4.78, 5) is 0. The number of benzene rings is 12. The lowest BCUT2D eigenvalue weighted by Gasteiger charge is -2.37. The molecule has 0 N–H and O–H groups in total. The second-order valence-corrected chi connectivity index (χ2v) is 26.4. The van der Waals surface area contributed by atoms with Crippen LogP contribution in [0.4, 0.5) is 0 Å². The Hall–Kier alpha value is -9.44. The minimum absolute atomic E-state index is 0.151. The standard InChI is InChI=1S/C56H38S2.C16H16.C13H12/c1-35-23-25-36(26-24-35)41-14-10-20-50-53(41)48-13-2-5-19-49(48)56(50,39-31-27-37(28-32-39)42-15-8-17-46-44-11-3-6-21-51(44)57-54(42)46)40-33-29-38(30-34-40)43-16-9-18-47-45-12-4-7-22-52(45)58-55(43)47;1-11-8-9-13-12-6-4-5-7-14(12)16(2,3)15(13)10-11;1-11-7-9-13(10-8-11)12-5-3-2-4-6-12/h2-9,11-19,21-34H,10,20H2,1H3;4-10H,1-3H3;2-10H,1H3. The quantitative estimate of drug-likeness (QED) is 0.156. The number of hydrogen-bond acceptors (Lipinski definition) is 2. The van der Waals surface area contributed by atoms with E-state index in [1.54, 1.807) is 0 Å². The van der Waals surface area contributed by atoms with E-state index in [4.69, 9.17) is 0 Å². The van der Waals surface area contributed by atoms with Gasteiger partial charge in [0.1, 0.15) is 0 Å². The second-order valence-electron chi connectivity index (χ2n) is 24.3. The lowest BCUT2D eigenvalue weighted by molar-refractivity contribution is 0.660. The first-order valence-electron chi connectivity index (χ1n) is 30.6. The molecule has 0 saturated heterocycles. The molecule has 2 heterocycles. The first kappa shape index (κ1) is 54.2. The Balaban J connectivity index is 0.000000178. The first-order valence-corrected chi connectivity index (χ1v) is 32.2. The Kier molecular flexibility index (Phi) is 13.8. The average Bonchev–Trinajstić information content (AvgIpc) is 1.57. The zero-order valence-corrected chi connectivity index (χ0v) is 51.5. The molecule has 0 aliphatic heterocycles. The van der Waals surface area contributed by atoms with Crippen LogP contribution in [-0.2, 0) is 10.8 Å². The van der Waals surface area contributed by atoms with Crippen molar-refractivity contribution in [2.24, 2.45) is 0 Å². The summed E-state index contributed by atoms with van der Waals surface area (Å²) in [5.41, 5.74) is 28.0. The van der Waals surface area contributed by atoms with Gasteiger partial charge in [-0.05, 0) is 146 Å². The highest BCUT2D eigenvalue weighted by Crippen LogP contribution is 2.60. The highest BCUT2D eigenvalue weighted by Gasteiger charge is 2.49. The minimum atomic E-state index is -0.444. The van der Waals surface area contributed by atoms with Gasteiger partial charge in [0.15, 0.2) is 0 Å². The van der Waals surface area contributed by atoms with Crippen LogP contribution in [0.1, 0.15) is 82.3 Å². The SMILES string of the molecule is Cc1ccc(-c2ccccc2)cc1.Cc1ccc(C2=CCCC3=C2c2ccccc2C3(c2ccc(-c3cccc4c3sc3ccccc34)cc2)c2ccc(-c3cccc4c3sc3ccccc34)cc2)cc1.Cc1ccc2c(c1)C(C)(C)c1ccccc1-2. The molecule has 418 valence electrons. The predicted molar refractivity (Wildman–Crippen MR) is 377 cm³/mol. The molecule has 0 bridgehead atoms. The van der Waals surface area contributed by atoms with Gasteiger partial charge in [-0.1, -0.05) is 304 Å². The van der Waals surface area contributed by atoms with Crippen molar-refractivity contribution in [3.63, 3.8) is 0 Å². The summed E-state index contributed by atoms with van der Waals surface area (Å²) in [6.45, 7) is 11.1. The van der Waals surface area contributed by atoms with Crippen LogP contribution >= 0.6 is 22.7 Å². The van der Waals surface area contributed by atoms with Crippen LogP contribution in [0, 0.1) is 20.8 Å². The average molecular weight is 1150 g/mol. The summed E-state index contributed by atoms with van der Waals surface area (Å²) < 4.78 is 5.38. The molecule has 2 aromatic heterocycles. The number of allylic oxidation sites excluding steroid dienone is 4. The summed E-state index contributed by atoms with van der Waals surface area (Å²) >= 11 is 3.80. The van der Waals surface area contributed by atoms with Crippen molar-refractivity contribution in [1.82, 2.24) is 0 Å². The number of aryl methyl sites for hydroxylation is 3. The van der Waals surface area contributed by atoms with E-state index in [0.29, 0.717) is 0 Å². The molecule has 0 spiro atoms. The van der Waals surface area contributed by atoms with Gasteiger partial charge in [-0.3, -0.25) is 0 Å². The maximum absolute atomic E-state index is 2.49.